The summed E-state index contributed by atoms with van der Waals surface area (Å²) in [5, 5.41) is 0. The van der Waals surface area contributed by atoms with E-state index in [4.69, 9.17) is 20.0 Å². The highest BCUT2D eigenvalue weighted by Gasteiger charge is 2.60. The minimum Gasteiger partial charge on any atom is -0.264 e. The van der Waals surface area contributed by atoms with Crippen LogP contribution in [-0.4, -0.2) is 27.8 Å². The average Bonchev–Trinajstić information content (AvgIpc) is 3.77. The first-order chi connectivity index (χ1) is 22.8. The summed E-state index contributed by atoms with van der Waals surface area (Å²) in [6.07, 6.45) is 3.62. The first-order valence-corrected chi connectivity index (χ1v) is 15.4. The van der Waals surface area contributed by atoms with E-state index < -0.39 is 11.3 Å². The fourth-order valence-corrected chi connectivity index (χ4v) is 6.31. The lowest BCUT2D eigenvalue weighted by Crippen LogP contribution is -2.43. The third-order valence-electron chi connectivity index (χ3n) is 8.46. The Balaban J connectivity index is 1.52. The van der Waals surface area contributed by atoms with E-state index in [1.165, 1.54) is 0 Å². The molecule has 0 saturated carbocycles. The molecule has 1 aromatic heterocycles. The highest BCUT2D eigenvalue weighted by atomic mass is 15.3. The Labute approximate surface area is 268 Å². The molecule has 0 aliphatic carbocycles. The second-order valence-electron chi connectivity index (χ2n) is 11.3. The Hall–Kier alpha value is -6.07. The van der Waals surface area contributed by atoms with Crippen molar-refractivity contribution >= 4 is 22.8 Å². The number of hydrogen-bond donors (Lipinski definition) is 0. The monoisotopic (exact) mass is 591 g/mol. The first kappa shape index (κ1) is 27.5. The van der Waals surface area contributed by atoms with Crippen molar-refractivity contribution in [3.8, 4) is 0 Å². The van der Waals surface area contributed by atoms with Gasteiger partial charge in [0.25, 0.3) is 0 Å². The summed E-state index contributed by atoms with van der Waals surface area (Å²) >= 11 is 0. The van der Waals surface area contributed by atoms with Crippen LogP contribution >= 0.6 is 0 Å². The van der Waals surface area contributed by atoms with Gasteiger partial charge in [0, 0.05) is 45.8 Å². The number of aliphatic imine (C=N–C) groups is 4. The number of pyridine rings is 1. The summed E-state index contributed by atoms with van der Waals surface area (Å²) in [5.41, 5.74) is 6.09. The van der Waals surface area contributed by atoms with Crippen molar-refractivity contribution in [2.45, 2.75) is 11.3 Å². The standard InChI is InChI=1S/C41H29N5/c1-6-17-30(18-7-1)36-37(31-19-8-2-9-20-31)44-40(43-36,34-25-14-5-15-26-34)41(35-27-16-28-42-29-35)45-38(32-21-10-3-11-22-32)39(46-41)33-23-12-4-13-24-33/h1-29H. The minimum atomic E-state index is -1.32. The summed E-state index contributed by atoms with van der Waals surface area (Å²) in [7, 11) is 0. The van der Waals surface area contributed by atoms with E-state index in [2.05, 4.69) is 65.6 Å². The largest absolute Gasteiger partial charge is 0.264 e. The molecule has 0 atom stereocenters. The topological polar surface area (TPSA) is 62.3 Å². The fourth-order valence-electron chi connectivity index (χ4n) is 6.31. The first-order valence-electron chi connectivity index (χ1n) is 15.4. The maximum atomic E-state index is 5.68. The Morgan fingerprint density at radius 2 is 0.609 bits per heavy atom. The average molecular weight is 592 g/mol. The highest BCUT2D eigenvalue weighted by molar-refractivity contribution is 6.55. The molecule has 46 heavy (non-hydrogen) atoms. The van der Waals surface area contributed by atoms with E-state index in [9.17, 15) is 0 Å². The van der Waals surface area contributed by atoms with Crippen molar-refractivity contribution < 1.29 is 0 Å². The van der Waals surface area contributed by atoms with Crippen molar-refractivity contribution in [3.05, 3.63) is 210 Å². The Bertz CT molecular complexity index is 1840. The molecule has 5 aromatic carbocycles. The van der Waals surface area contributed by atoms with Gasteiger partial charge in [-0.2, -0.15) is 0 Å². The molecule has 2 aliphatic rings. The summed E-state index contributed by atoms with van der Waals surface area (Å²) in [6.45, 7) is 0. The molecule has 5 heteroatoms. The molecule has 218 valence electrons. The van der Waals surface area contributed by atoms with Gasteiger partial charge in [-0.05, 0) is 6.07 Å². The molecular formula is C41H29N5. The quantitative estimate of drug-likeness (QED) is 0.185. The molecule has 0 amide bonds. The fraction of sp³-hybridized carbons (Fsp3) is 0.0488. The molecule has 3 heterocycles. The molecule has 0 fully saturated rings. The summed E-state index contributed by atoms with van der Waals surface area (Å²) in [6, 6.07) is 55.2. The second kappa shape index (κ2) is 11.5. The predicted octanol–water partition coefficient (Wildman–Crippen LogP) is 8.07. The minimum absolute atomic E-state index is 0.783. The van der Waals surface area contributed by atoms with Crippen molar-refractivity contribution in [1.82, 2.24) is 4.98 Å². The van der Waals surface area contributed by atoms with Crippen LogP contribution in [0.5, 0.6) is 0 Å². The number of hydrogen-bond acceptors (Lipinski definition) is 5. The van der Waals surface area contributed by atoms with E-state index in [1.807, 2.05) is 109 Å². The van der Waals surface area contributed by atoms with Crippen LogP contribution in [0.15, 0.2) is 196 Å². The van der Waals surface area contributed by atoms with Crippen molar-refractivity contribution in [2.75, 3.05) is 0 Å². The van der Waals surface area contributed by atoms with Gasteiger partial charge in [-0.3, -0.25) is 4.98 Å². The summed E-state index contributed by atoms with van der Waals surface area (Å²) < 4.78 is 0. The molecule has 8 rings (SSSR count). The van der Waals surface area contributed by atoms with Crippen LogP contribution in [0.1, 0.15) is 33.4 Å². The van der Waals surface area contributed by atoms with E-state index >= 15 is 0 Å². The lowest BCUT2D eigenvalue weighted by atomic mass is 9.82. The maximum absolute atomic E-state index is 5.68. The van der Waals surface area contributed by atoms with Gasteiger partial charge in [0.2, 0.25) is 11.3 Å². The van der Waals surface area contributed by atoms with E-state index in [-0.39, 0.29) is 0 Å². The normalized spacial score (nSPS) is 16.3. The second-order valence-corrected chi connectivity index (χ2v) is 11.3. The third-order valence-corrected chi connectivity index (χ3v) is 8.46. The van der Waals surface area contributed by atoms with Crippen molar-refractivity contribution in [1.29, 1.82) is 0 Å². The van der Waals surface area contributed by atoms with Gasteiger partial charge in [0.1, 0.15) is 0 Å². The number of benzene rings is 5. The zero-order chi connectivity index (χ0) is 30.8. The SMILES string of the molecule is c1ccc(C2=NC(c3ccccc3)(C3(c4cccnc4)N=C(c4ccccc4)C(c4ccccc4)=N3)N=C2c2ccccc2)cc1. The van der Waals surface area contributed by atoms with Crippen molar-refractivity contribution in [2.24, 2.45) is 20.0 Å². The molecule has 0 unspecified atom stereocenters. The summed E-state index contributed by atoms with van der Waals surface area (Å²) in [5.74, 6) is 0. The Morgan fingerprint density at radius 1 is 0.304 bits per heavy atom. The van der Waals surface area contributed by atoms with Gasteiger partial charge in [-0.1, -0.05) is 158 Å². The number of rotatable bonds is 7. The van der Waals surface area contributed by atoms with Gasteiger partial charge in [0.05, 0.1) is 22.8 Å². The van der Waals surface area contributed by atoms with Gasteiger partial charge in [-0.25, -0.2) is 20.0 Å². The molecular weight excluding hydrogens is 562 g/mol. The number of aromatic nitrogens is 1. The molecule has 0 bridgehead atoms. The Kier molecular flexibility index (Phi) is 6.84. The molecule has 0 radical (unpaired) electrons. The third kappa shape index (κ3) is 4.52. The molecule has 6 aromatic rings. The van der Waals surface area contributed by atoms with Gasteiger partial charge in [0.15, 0.2) is 0 Å². The van der Waals surface area contributed by atoms with E-state index in [0.717, 1.165) is 56.2 Å². The highest BCUT2D eigenvalue weighted by Crippen LogP contribution is 2.54. The number of nitrogens with zero attached hydrogens (tertiary/aromatic N) is 5. The summed E-state index contributed by atoms with van der Waals surface area (Å²) in [4.78, 5) is 27.3. The van der Waals surface area contributed by atoms with Crippen LogP contribution in [-0.2, 0) is 11.3 Å². The lowest BCUT2D eigenvalue weighted by molar-refractivity contribution is 0.256. The van der Waals surface area contributed by atoms with Crippen LogP contribution in [0.2, 0.25) is 0 Å². The van der Waals surface area contributed by atoms with Crippen LogP contribution in [0, 0.1) is 0 Å². The zero-order valence-corrected chi connectivity index (χ0v) is 25.0. The molecule has 0 N–H and O–H groups in total. The van der Waals surface area contributed by atoms with E-state index in [1.54, 1.807) is 6.20 Å². The van der Waals surface area contributed by atoms with Crippen LogP contribution < -0.4 is 0 Å². The van der Waals surface area contributed by atoms with Gasteiger partial charge >= 0.3 is 0 Å². The molecule has 2 aliphatic heterocycles. The molecule has 0 spiro atoms. The van der Waals surface area contributed by atoms with Gasteiger partial charge < -0.3 is 0 Å². The van der Waals surface area contributed by atoms with Crippen LogP contribution in [0.3, 0.4) is 0 Å². The zero-order valence-electron chi connectivity index (χ0n) is 25.0. The maximum Gasteiger partial charge on any atom is 0.227 e. The van der Waals surface area contributed by atoms with Crippen LogP contribution in [0.25, 0.3) is 0 Å². The molecule has 0 saturated heterocycles. The van der Waals surface area contributed by atoms with Gasteiger partial charge in [-0.15, -0.1) is 0 Å². The van der Waals surface area contributed by atoms with Crippen LogP contribution in [0.4, 0.5) is 0 Å². The smallest absolute Gasteiger partial charge is 0.227 e. The van der Waals surface area contributed by atoms with E-state index in [0.29, 0.717) is 0 Å². The Morgan fingerprint density at radius 3 is 0.935 bits per heavy atom. The molecule has 5 nitrogen and oxygen atoms in total. The van der Waals surface area contributed by atoms with Crippen molar-refractivity contribution in [3.63, 3.8) is 0 Å². The lowest BCUT2D eigenvalue weighted by Gasteiger charge is -2.38. The predicted molar refractivity (Wildman–Crippen MR) is 186 cm³/mol.